The van der Waals surface area contributed by atoms with E-state index in [0.29, 0.717) is 24.1 Å². The van der Waals surface area contributed by atoms with Crippen molar-refractivity contribution in [1.29, 1.82) is 0 Å². The smallest absolute Gasteiger partial charge is 0.333 e. The molecule has 18 heavy (non-hydrogen) atoms. The Hall–Kier alpha value is -0.760. The highest BCUT2D eigenvalue weighted by Gasteiger charge is 2.32. The van der Waals surface area contributed by atoms with Crippen LogP contribution in [0.15, 0.2) is 11.1 Å². The molecule has 0 radical (unpaired) electrons. The number of rotatable bonds is 3. The minimum Gasteiger partial charge on any atom is -0.333 e. The first-order valence-corrected chi connectivity index (χ1v) is 6.22. The molecule has 1 saturated heterocycles. The van der Waals surface area contributed by atoms with E-state index in [2.05, 4.69) is 27.8 Å². The van der Waals surface area contributed by atoms with E-state index in [0.717, 1.165) is 0 Å². The third-order valence-corrected chi connectivity index (χ3v) is 2.77. The summed E-state index contributed by atoms with van der Waals surface area (Å²) in [4.78, 5) is 14.4. The van der Waals surface area contributed by atoms with Gasteiger partial charge in [0.25, 0.3) is 0 Å². The van der Waals surface area contributed by atoms with E-state index in [1.807, 2.05) is 0 Å². The molecule has 1 aliphatic heterocycles. The van der Waals surface area contributed by atoms with Crippen LogP contribution in [0.25, 0.3) is 0 Å². The van der Waals surface area contributed by atoms with E-state index >= 15 is 0 Å². The fourth-order valence-electron chi connectivity index (χ4n) is 1.65. The third kappa shape index (κ3) is 5.72. The summed E-state index contributed by atoms with van der Waals surface area (Å²) in [5, 5.41) is 2.61. The van der Waals surface area contributed by atoms with Gasteiger partial charge >= 0.3 is 12.2 Å². The quantitative estimate of drug-likeness (QED) is 0.856. The highest BCUT2D eigenvalue weighted by molar-refractivity contribution is 9.11. The van der Waals surface area contributed by atoms with Gasteiger partial charge in [-0.25, -0.2) is 4.79 Å². The molecule has 2 amide bonds. The molecule has 1 heterocycles. The molecule has 0 spiro atoms. The second kappa shape index (κ2) is 6.42. The number of halogens is 4. The summed E-state index contributed by atoms with van der Waals surface area (Å²) >= 11 is 3.11. The van der Waals surface area contributed by atoms with Gasteiger partial charge in [-0.15, -0.1) is 0 Å². The maximum Gasteiger partial charge on any atom is 0.401 e. The Labute approximate surface area is 112 Å². The van der Waals surface area contributed by atoms with E-state index in [-0.39, 0.29) is 19.1 Å². The third-order valence-electron chi connectivity index (χ3n) is 2.49. The number of piperazine rings is 1. The molecular weight excluding hydrogens is 315 g/mol. The van der Waals surface area contributed by atoms with Gasteiger partial charge in [-0.2, -0.15) is 13.2 Å². The van der Waals surface area contributed by atoms with E-state index in [1.54, 1.807) is 0 Å². The molecule has 1 fully saturated rings. The number of amides is 2. The van der Waals surface area contributed by atoms with Crippen LogP contribution in [-0.2, 0) is 0 Å². The van der Waals surface area contributed by atoms with Crippen molar-refractivity contribution in [3.63, 3.8) is 0 Å². The molecule has 1 aliphatic rings. The number of hydrogen-bond donors (Lipinski definition) is 1. The predicted octanol–water partition coefficient (Wildman–Crippen LogP) is 1.78. The lowest BCUT2D eigenvalue weighted by atomic mass is 10.3. The molecule has 0 aromatic heterocycles. The van der Waals surface area contributed by atoms with Crippen molar-refractivity contribution in [1.82, 2.24) is 15.1 Å². The number of alkyl halides is 3. The molecule has 0 aromatic carbocycles. The zero-order valence-corrected chi connectivity index (χ0v) is 11.4. The maximum absolute atomic E-state index is 12.2. The molecule has 0 atom stereocenters. The largest absolute Gasteiger partial charge is 0.401 e. The first-order chi connectivity index (χ1) is 8.28. The van der Waals surface area contributed by atoms with Gasteiger partial charge in [0, 0.05) is 30.7 Å². The van der Waals surface area contributed by atoms with Crippen LogP contribution in [-0.4, -0.2) is 61.3 Å². The van der Waals surface area contributed by atoms with Crippen LogP contribution in [0.4, 0.5) is 18.0 Å². The van der Waals surface area contributed by atoms with Gasteiger partial charge in [0.2, 0.25) is 0 Å². The maximum atomic E-state index is 12.2. The first-order valence-electron chi connectivity index (χ1n) is 5.43. The van der Waals surface area contributed by atoms with Crippen LogP contribution in [0.1, 0.15) is 0 Å². The topological polar surface area (TPSA) is 35.6 Å². The molecule has 0 aromatic rings. The molecule has 104 valence electrons. The molecule has 1 N–H and O–H groups in total. The molecule has 8 heteroatoms. The van der Waals surface area contributed by atoms with Crippen molar-refractivity contribution in [2.75, 3.05) is 39.3 Å². The normalized spacial score (nSPS) is 17.7. The first kappa shape index (κ1) is 15.3. The van der Waals surface area contributed by atoms with Gasteiger partial charge in [-0.3, -0.25) is 4.90 Å². The number of carbonyl (C=O) groups is 1. The summed E-state index contributed by atoms with van der Waals surface area (Å²) in [6.45, 7) is 4.05. The molecule has 1 rings (SSSR count). The van der Waals surface area contributed by atoms with Crippen LogP contribution >= 0.6 is 15.9 Å². The fraction of sp³-hybridized carbons (Fsp3) is 0.700. The molecule has 0 unspecified atom stereocenters. The summed E-state index contributed by atoms with van der Waals surface area (Å²) in [7, 11) is 0. The monoisotopic (exact) mass is 329 g/mol. The van der Waals surface area contributed by atoms with Gasteiger partial charge in [-0.1, -0.05) is 22.5 Å². The van der Waals surface area contributed by atoms with E-state index in [9.17, 15) is 18.0 Å². The highest BCUT2D eigenvalue weighted by Crippen LogP contribution is 2.17. The van der Waals surface area contributed by atoms with Crippen LogP contribution in [0.2, 0.25) is 0 Å². The van der Waals surface area contributed by atoms with E-state index in [4.69, 9.17) is 0 Å². The minimum absolute atomic E-state index is 0.238. The van der Waals surface area contributed by atoms with Crippen LogP contribution in [0.5, 0.6) is 0 Å². The van der Waals surface area contributed by atoms with Crippen LogP contribution in [0, 0.1) is 0 Å². The van der Waals surface area contributed by atoms with E-state index in [1.165, 1.54) is 9.80 Å². The molecule has 0 aliphatic carbocycles. The summed E-state index contributed by atoms with van der Waals surface area (Å²) < 4.78 is 37.1. The van der Waals surface area contributed by atoms with Gasteiger partial charge in [-0.05, 0) is 0 Å². The number of urea groups is 1. The molecular formula is C10H15BrF3N3O. The second-order valence-electron chi connectivity index (χ2n) is 4.05. The Morgan fingerprint density at radius 1 is 1.28 bits per heavy atom. The Morgan fingerprint density at radius 2 is 1.83 bits per heavy atom. The fourth-order valence-corrected chi connectivity index (χ4v) is 1.79. The van der Waals surface area contributed by atoms with Crippen LogP contribution in [0.3, 0.4) is 0 Å². The van der Waals surface area contributed by atoms with Crippen molar-refractivity contribution in [2.24, 2.45) is 0 Å². The summed E-state index contributed by atoms with van der Waals surface area (Å²) in [5.74, 6) is 0. The number of nitrogens with one attached hydrogen (secondary N) is 1. The average Bonchev–Trinajstić information content (AvgIpc) is 2.24. The zero-order valence-electron chi connectivity index (χ0n) is 9.76. The Balaban J connectivity index is 2.30. The SMILES string of the molecule is C=C(Br)CNC(=O)N1CCN(CC(F)(F)F)CC1. The van der Waals surface area contributed by atoms with Crippen molar-refractivity contribution in [3.05, 3.63) is 11.1 Å². The number of hydrogen-bond acceptors (Lipinski definition) is 2. The van der Waals surface area contributed by atoms with E-state index < -0.39 is 12.7 Å². The lowest BCUT2D eigenvalue weighted by molar-refractivity contribution is -0.148. The Bertz CT molecular complexity index is 314. The lowest BCUT2D eigenvalue weighted by Gasteiger charge is -2.34. The summed E-state index contributed by atoms with van der Waals surface area (Å²) in [5.41, 5.74) is 0. The lowest BCUT2D eigenvalue weighted by Crippen LogP contribution is -2.53. The van der Waals surface area contributed by atoms with Crippen molar-refractivity contribution < 1.29 is 18.0 Å². The summed E-state index contributed by atoms with van der Waals surface area (Å²) in [6.07, 6.45) is -4.18. The van der Waals surface area contributed by atoms with Crippen LogP contribution < -0.4 is 5.32 Å². The molecule has 0 bridgehead atoms. The standard InChI is InChI=1S/C10H15BrF3N3O/c1-8(11)6-15-9(18)17-4-2-16(3-5-17)7-10(12,13)14/h1-7H2,(H,15,18). The number of nitrogens with zero attached hydrogens (tertiary/aromatic N) is 2. The summed E-state index contributed by atoms with van der Waals surface area (Å²) in [6, 6.07) is -0.276. The average molecular weight is 330 g/mol. The van der Waals surface area contributed by atoms with Gasteiger partial charge in [0.15, 0.2) is 0 Å². The predicted molar refractivity (Wildman–Crippen MR) is 65.5 cm³/mol. The van der Waals surface area contributed by atoms with Crippen molar-refractivity contribution >= 4 is 22.0 Å². The minimum atomic E-state index is -4.18. The van der Waals surface area contributed by atoms with Crippen molar-refractivity contribution in [3.8, 4) is 0 Å². The Kier molecular flexibility index (Phi) is 5.46. The highest BCUT2D eigenvalue weighted by atomic mass is 79.9. The second-order valence-corrected chi connectivity index (χ2v) is 5.18. The Morgan fingerprint density at radius 3 is 2.28 bits per heavy atom. The molecule has 4 nitrogen and oxygen atoms in total. The van der Waals surface area contributed by atoms with Gasteiger partial charge in [0.05, 0.1) is 13.1 Å². The van der Waals surface area contributed by atoms with Gasteiger partial charge < -0.3 is 10.2 Å². The van der Waals surface area contributed by atoms with Crippen molar-refractivity contribution in [2.45, 2.75) is 6.18 Å². The zero-order chi connectivity index (χ0) is 13.8. The van der Waals surface area contributed by atoms with Gasteiger partial charge in [0.1, 0.15) is 0 Å². The number of carbonyl (C=O) groups excluding carboxylic acids is 1. The molecule has 0 saturated carbocycles.